The van der Waals surface area contributed by atoms with Gasteiger partial charge in [0.15, 0.2) is 11.5 Å². The van der Waals surface area contributed by atoms with E-state index in [2.05, 4.69) is 26.6 Å². The van der Waals surface area contributed by atoms with Gasteiger partial charge in [-0.3, -0.25) is 24.3 Å². The van der Waals surface area contributed by atoms with Crippen LogP contribution in [-0.4, -0.2) is 91.8 Å². The Kier molecular flexibility index (Phi) is 15.0. The average molecular weight is 840 g/mol. The van der Waals surface area contributed by atoms with Gasteiger partial charge in [0.1, 0.15) is 17.3 Å². The Morgan fingerprint density at radius 3 is 2.33 bits per heavy atom. The summed E-state index contributed by atoms with van der Waals surface area (Å²) in [6.07, 6.45) is 5.51. The molecule has 0 radical (unpaired) electrons. The Morgan fingerprint density at radius 1 is 0.850 bits per heavy atom. The van der Waals surface area contributed by atoms with Gasteiger partial charge in [-0.15, -0.1) is 0 Å². The zero-order chi connectivity index (χ0) is 41.7. The van der Waals surface area contributed by atoms with Gasteiger partial charge in [-0.1, -0.05) is 5.64 Å². The number of unbranched alkanes of at least 4 members (excludes halogenated alkanes) is 3. The van der Waals surface area contributed by atoms with Crippen molar-refractivity contribution in [3.05, 3.63) is 83.6 Å². The number of benzene rings is 3. The molecule has 0 bridgehead atoms. The van der Waals surface area contributed by atoms with Gasteiger partial charge < -0.3 is 45.2 Å². The minimum Gasteiger partial charge on any atom is -0.385 e. The molecule has 2 saturated heterocycles. The van der Waals surface area contributed by atoms with E-state index in [1.54, 1.807) is 24.3 Å². The summed E-state index contributed by atoms with van der Waals surface area (Å²) in [6.45, 7) is 4.50. The molecule has 324 valence electrons. The van der Waals surface area contributed by atoms with Gasteiger partial charge in [-0.05, 0) is 92.6 Å². The first-order valence-corrected chi connectivity index (χ1v) is 20.3. The molecule has 0 spiro atoms. The predicted octanol–water partition coefficient (Wildman–Crippen LogP) is 4.89. The Bertz CT molecular complexity index is 2030. The number of amides is 2. The van der Waals surface area contributed by atoms with Crippen LogP contribution in [0.3, 0.4) is 0 Å². The first kappa shape index (κ1) is 43.0. The highest BCUT2D eigenvalue weighted by Crippen LogP contribution is 2.38. The summed E-state index contributed by atoms with van der Waals surface area (Å²) in [7, 11) is 0. The van der Waals surface area contributed by atoms with Crippen molar-refractivity contribution < 1.29 is 57.1 Å². The van der Waals surface area contributed by atoms with E-state index >= 15 is 0 Å². The van der Waals surface area contributed by atoms with Crippen molar-refractivity contribution in [2.45, 2.75) is 69.9 Å². The molecule has 1 aromatic heterocycles. The van der Waals surface area contributed by atoms with E-state index in [0.717, 1.165) is 79.9 Å². The largest absolute Gasteiger partial charge is 0.385 e. The van der Waals surface area contributed by atoms with E-state index < -0.39 is 29.6 Å². The number of carbonyl (C=O) groups is 2. The smallest absolute Gasteiger partial charge is 0.282 e. The van der Waals surface area contributed by atoms with E-state index in [-0.39, 0.29) is 31.0 Å². The second-order valence-electron chi connectivity index (χ2n) is 14.6. The normalized spacial score (nSPS) is 18.9. The topological polar surface area (TPSA) is 189 Å². The number of hydrogen-bond donors (Lipinski definition) is 6. The lowest BCUT2D eigenvalue weighted by Crippen LogP contribution is -2.47. The van der Waals surface area contributed by atoms with Crippen molar-refractivity contribution in [2.24, 2.45) is 0 Å². The molecule has 60 heavy (non-hydrogen) atoms. The third-order valence-corrected chi connectivity index (χ3v) is 9.92. The number of hydrogen-bond acceptors (Lipinski definition) is 14. The Morgan fingerprint density at radius 2 is 1.58 bits per heavy atom. The lowest BCUT2D eigenvalue weighted by molar-refractivity contribution is -0.376. The van der Waals surface area contributed by atoms with Crippen molar-refractivity contribution in [3.8, 4) is 11.5 Å². The van der Waals surface area contributed by atoms with Crippen LogP contribution in [-0.2, 0) is 35.3 Å². The quantitative estimate of drug-likeness (QED) is 0.0587. The number of nitrogens with one attached hydrogen (secondary N) is 5. The van der Waals surface area contributed by atoms with E-state index in [4.69, 9.17) is 33.7 Å². The summed E-state index contributed by atoms with van der Waals surface area (Å²) < 4.78 is 38.5. The highest BCUT2D eigenvalue weighted by atomic mass is 19.1. The Labute approximate surface area is 345 Å². The molecule has 2 amide bonds. The van der Waals surface area contributed by atoms with E-state index in [9.17, 15) is 23.5 Å². The molecule has 0 saturated carbocycles. The third-order valence-electron chi connectivity index (χ3n) is 9.92. The van der Waals surface area contributed by atoms with Gasteiger partial charge in [-0.25, -0.2) is 13.6 Å². The van der Waals surface area contributed by atoms with Crippen LogP contribution in [0.15, 0.2) is 60.7 Å². The fraction of sp³-hybridized carbons (Fsp3) is 0.463. The maximum absolute atomic E-state index is 13.5. The molecule has 2 fully saturated rings. The van der Waals surface area contributed by atoms with E-state index in [1.165, 1.54) is 10.3 Å². The molecule has 3 aliphatic rings. The van der Waals surface area contributed by atoms with Gasteiger partial charge in [0.05, 0.1) is 24.1 Å². The van der Waals surface area contributed by atoms with Crippen molar-refractivity contribution in [3.63, 3.8) is 0 Å². The average Bonchev–Trinajstić information content (AvgIpc) is 3.99. The maximum Gasteiger partial charge on any atom is 0.282 e. The molecule has 19 heteroatoms. The second kappa shape index (κ2) is 20.9. The number of anilines is 2. The highest BCUT2D eigenvalue weighted by Gasteiger charge is 2.45. The first-order chi connectivity index (χ1) is 29.2. The zero-order valence-electron chi connectivity index (χ0n) is 33.1. The van der Waals surface area contributed by atoms with Gasteiger partial charge in [0.2, 0.25) is 6.23 Å². The van der Waals surface area contributed by atoms with Crippen molar-refractivity contribution >= 4 is 34.1 Å². The highest BCUT2D eigenvalue weighted by molar-refractivity contribution is 5.98. The van der Waals surface area contributed by atoms with E-state index in [1.807, 2.05) is 18.2 Å². The van der Waals surface area contributed by atoms with Gasteiger partial charge in [0.25, 0.3) is 17.6 Å². The van der Waals surface area contributed by atoms with Gasteiger partial charge in [-0.2, -0.15) is 0 Å². The number of nitrogens with zero attached hydrogens (tertiary/aromatic N) is 2. The SMILES string of the molecule is O=C(NCCCCOCCCCOCCCCNc1ccc2c(c1)ON(C1CCONO1)O2)c1cc2cc(N3CC[C@@](O)(C(=O)NCc4cc(F)cc(F)c4)O3)ccc2[nH]1. The fourth-order valence-electron chi connectivity index (χ4n) is 6.69. The van der Waals surface area contributed by atoms with Gasteiger partial charge >= 0.3 is 0 Å². The molecule has 6 N–H and O–H groups in total. The number of hydroxylamine groups is 3. The minimum atomic E-state index is -2.16. The maximum atomic E-state index is 13.5. The van der Waals surface area contributed by atoms with Crippen molar-refractivity contribution in [1.82, 2.24) is 26.5 Å². The van der Waals surface area contributed by atoms with Crippen LogP contribution < -0.4 is 36.3 Å². The molecule has 17 nitrogen and oxygen atoms in total. The molecule has 3 aromatic carbocycles. The molecule has 2 atom stereocenters. The van der Waals surface area contributed by atoms with Crippen LogP contribution in [0, 0.1) is 11.6 Å². The third kappa shape index (κ3) is 11.8. The second-order valence-corrected chi connectivity index (χ2v) is 14.6. The fourth-order valence-corrected chi connectivity index (χ4v) is 6.69. The lowest BCUT2D eigenvalue weighted by Gasteiger charge is -2.26. The molecular weight excluding hydrogens is 788 g/mol. The number of aromatic amines is 1. The number of ether oxygens (including phenoxy) is 2. The molecule has 7 rings (SSSR count). The van der Waals surface area contributed by atoms with Crippen LogP contribution in [0.25, 0.3) is 10.9 Å². The minimum absolute atomic E-state index is 0.0325. The first-order valence-electron chi connectivity index (χ1n) is 20.3. The Hall–Kier alpha value is -5.12. The van der Waals surface area contributed by atoms with Crippen LogP contribution >= 0.6 is 0 Å². The predicted molar refractivity (Wildman–Crippen MR) is 213 cm³/mol. The molecule has 1 unspecified atom stereocenters. The lowest BCUT2D eigenvalue weighted by atomic mass is 10.1. The summed E-state index contributed by atoms with van der Waals surface area (Å²) >= 11 is 0. The summed E-state index contributed by atoms with van der Waals surface area (Å²) in [5, 5.41) is 23.1. The van der Waals surface area contributed by atoms with Crippen LogP contribution in [0.4, 0.5) is 20.2 Å². The molecule has 3 aliphatic heterocycles. The van der Waals surface area contributed by atoms with Crippen molar-refractivity contribution in [1.29, 1.82) is 0 Å². The summed E-state index contributed by atoms with van der Waals surface area (Å²) in [5.74, 6) is -3.50. The number of rotatable bonds is 22. The Balaban J connectivity index is 0.688. The van der Waals surface area contributed by atoms with Crippen LogP contribution in [0.1, 0.15) is 67.4 Å². The van der Waals surface area contributed by atoms with Crippen LogP contribution in [0.5, 0.6) is 11.5 Å². The van der Waals surface area contributed by atoms with Gasteiger partial charge in [0, 0.05) is 87.6 Å². The number of H-pyrrole nitrogens is 1. The standard InChI is InChI=1S/C41H51F2N7O10/c42-30-21-28(22-31(43)25-30)27-46-40(52)41(53)12-15-49(60-41)33-8-9-34-29(23-33)24-35(47-34)39(51)45-14-2-4-17-55-19-6-5-18-54-16-3-1-13-44-32-7-10-36-37(26-32)59-50(58-36)38-11-20-56-48-57-38/h7-10,21-26,38,44,47-48,53H,1-6,11-20,27H2,(H,45,51)(H,46,52)/t38?,41-/m0/s1. The number of aromatic nitrogens is 1. The molecule has 4 heterocycles. The molecular formula is C41H51F2N7O10. The number of carbonyl (C=O) groups excluding carboxylic acids is 2. The number of aliphatic hydroxyl groups is 1. The monoisotopic (exact) mass is 839 g/mol. The number of halogens is 2. The van der Waals surface area contributed by atoms with Crippen LogP contribution in [0.2, 0.25) is 0 Å². The van der Waals surface area contributed by atoms with Crippen molar-refractivity contribution in [2.75, 3.05) is 63.0 Å². The summed E-state index contributed by atoms with van der Waals surface area (Å²) in [4.78, 5) is 56.0. The number of fused-ring (bicyclic) bond motifs is 2. The zero-order valence-corrected chi connectivity index (χ0v) is 33.1. The summed E-state index contributed by atoms with van der Waals surface area (Å²) in [6, 6.07) is 15.7. The van der Waals surface area contributed by atoms with E-state index in [0.29, 0.717) is 68.9 Å². The molecule has 4 aromatic rings. The summed E-state index contributed by atoms with van der Waals surface area (Å²) in [5.41, 5.74) is 5.24. The molecule has 0 aliphatic carbocycles.